The van der Waals surface area contributed by atoms with Gasteiger partial charge in [-0.3, -0.25) is 9.59 Å². The lowest BCUT2D eigenvalue weighted by atomic mass is 9.85. The number of rotatable bonds is 3. The fourth-order valence-corrected chi connectivity index (χ4v) is 3.10. The molecule has 1 aliphatic heterocycles. The Bertz CT molecular complexity index is 374. The largest absolute Gasteiger partial charge is 0.548 e. The molecule has 1 amide bonds. The zero-order valence-electron chi connectivity index (χ0n) is 11.1. The summed E-state index contributed by atoms with van der Waals surface area (Å²) in [5.74, 6) is -2.45. The van der Waals surface area contributed by atoms with Crippen LogP contribution in [-0.4, -0.2) is 35.1 Å². The zero-order valence-corrected chi connectivity index (χ0v) is 11.1. The van der Waals surface area contributed by atoms with Gasteiger partial charge in [-0.1, -0.05) is 19.3 Å². The number of hydrogen-bond donors (Lipinski definition) is 0. The monoisotopic (exact) mass is 266 g/mol. The van der Waals surface area contributed by atoms with Gasteiger partial charge in [0, 0.05) is 12.5 Å². The SMILES string of the molecule is O=C(C(=O)N1CCCCC1C(=O)[O-])C1CCCCC1. The average molecular weight is 266 g/mol. The Morgan fingerprint density at radius 2 is 1.53 bits per heavy atom. The molecule has 1 atom stereocenters. The number of carbonyl (C=O) groups is 3. The van der Waals surface area contributed by atoms with Gasteiger partial charge in [-0.2, -0.15) is 0 Å². The maximum Gasteiger partial charge on any atom is 0.290 e. The summed E-state index contributed by atoms with van der Waals surface area (Å²) < 4.78 is 0. The summed E-state index contributed by atoms with van der Waals surface area (Å²) in [5.41, 5.74) is 0. The Kier molecular flexibility index (Phi) is 4.56. The molecule has 1 saturated carbocycles. The van der Waals surface area contributed by atoms with E-state index in [0.717, 1.165) is 44.9 Å². The molecule has 19 heavy (non-hydrogen) atoms. The number of amides is 1. The smallest absolute Gasteiger partial charge is 0.290 e. The van der Waals surface area contributed by atoms with Crippen LogP contribution in [0.15, 0.2) is 0 Å². The predicted molar refractivity (Wildman–Crippen MR) is 65.9 cm³/mol. The van der Waals surface area contributed by atoms with E-state index in [1.807, 2.05) is 0 Å². The van der Waals surface area contributed by atoms with Crippen LogP contribution in [0.3, 0.4) is 0 Å². The normalized spacial score (nSPS) is 25.1. The van der Waals surface area contributed by atoms with E-state index in [-0.39, 0.29) is 5.92 Å². The van der Waals surface area contributed by atoms with E-state index in [2.05, 4.69) is 0 Å². The van der Waals surface area contributed by atoms with E-state index in [4.69, 9.17) is 0 Å². The molecule has 2 aliphatic rings. The van der Waals surface area contributed by atoms with Crippen molar-refractivity contribution in [2.24, 2.45) is 5.92 Å². The first-order chi connectivity index (χ1) is 9.11. The fraction of sp³-hybridized carbons (Fsp3) is 0.786. The lowest BCUT2D eigenvalue weighted by molar-refractivity contribution is -0.312. The van der Waals surface area contributed by atoms with Gasteiger partial charge < -0.3 is 14.8 Å². The van der Waals surface area contributed by atoms with E-state index < -0.39 is 23.7 Å². The molecule has 0 radical (unpaired) electrons. The molecule has 1 aliphatic carbocycles. The van der Waals surface area contributed by atoms with E-state index in [9.17, 15) is 19.5 Å². The predicted octanol–water partition coefficient (Wildman–Crippen LogP) is 0.267. The van der Waals surface area contributed by atoms with Crippen molar-refractivity contribution < 1.29 is 19.5 Å². The molecule has 0 N–H and O–H groups in total. The third-order valence-electron chi connectivity index (χ3n) is 4.22. The van der Waals surface area contributed by atoms with Gasteiger partial charge in [0.15, 0.2) is 0 Å². The zero-order chi connectivity index (χ0) is 13.8. The third-order valence-corrected chi connectivity index (χ3v) is 4.22. The van der Waals surface area contributed by atoms with Gasteiger partial charge in [-0.15, -0.1) is 0 Å². The van der Waals surface area contributed by atoms with Crippen molar-refractivity contribution in [3.8, 4) is 0 Å². The number of hydrogen-bond acceptors (Lipinski definition) is 4. The highest BCUT2D eigenvalue weighted by Gasteiger charge is 2.35. The van der Waals surface area contributed by atoms with Crippen molar-refractivity contribution in [3.63, 3.8) is 0 Å². The second-order valence-corrected chi connectivity index (χ2v) is 5.53. The molecular weight excluding hydrogens is 246 g/mol. The van der Waals surface area contributed by atoms with E-state index in [0.29, 0.717) is 13.0 Å². The summed E-state index contributed by atoms with van der Waals surface area (Å²) in [6.07, 6.45) is 6.51. The number of likely N-dealkylation sites (tertiary alicyclic amines) is 1. The van der Waals surface area contributed by atoms with E-state index in [1.165, 1.54) is 4.90 Å². The van der Waals surface area contributed by atoms with Crippen LogP contribution in [0.5, 0.6) is 0 Å². The van der Waals surface area contributed by atoms with Crippen molar-refractivity contribution in [1.29, 1.82) is 0 Å². The average Bonchev–Trinajstić information content (AvgIpc) is 2.46. The first-order valence-electron chi connectivity index (χ1n) is 7.17. The molecule has 0 spiro atoms. The molecule has 5 heteroatoms. The van der Waals surface area contributed by atoms with Crippen molar-refractivity contribution in [2.75, 3.05) is 6.54 Å². The summed E-state index contributed by atoms with van der Waals surface area (Å²) >= 11 is 0. The highest BCUT2D eigenvalue weighted by Crippen LogP contribution is 2.26. The van der Waals surface area contributed by atoms with Gasteiger partial charge in [0.1, 0.15) is 0 Å². The van der Waals surface area contributed by atoms with Crippen LogP contribution in [0, 0.1) is 5.92 Å². The number of carboxylic acids is 1. The van der Waals surface area contributed by atoms with E-state index >= 15 is 0 Å². The molecule has 1 heterocycles. The lowest BCUT2D eigenvalue weighted by Crippen LogP contribution is -2.55. The Hall–Kier alpha value is -1.39. The van der Waals surface area contributed by atoms with Crippen molar-refractivity contribution in [2.45, 2.75) is 57.4 Å². The van der Waals surface area contributed by atoms with Crippen molar-refractivity contribution in [1.82, 2.24) is 4.90 Å². The third kappa shape index (κ3) is 3.14. The molecule has 2 fully saturated rings. The van der Waals surface area contributed by atoms with Crippen LogP contribution in [0.1, 0.15) is 51.4 Å². The minimum Gasteiger partial charge on any atom is -0.548 e. The van der Waals surface area contributed by atoms with Crippen LogP contribution in [0.25, 0.3) is 0 Å². The molecule has 1 unspecified atom stereocenters. The summed E-state index contributed by atoms with van der Waals surface area (Å²) in [5, 5.41) is 11.1. The molecular formula is C14H20NO4-. The summed E-state index contributed by atoms with van der Waals surface area (Å²) in [4.78, 5) is 36.6. The Balaban J connectivity index is 2.03. The second-order valence-electron chi connectivity index (χ2n) is 5.53. The van der Waals surface area contributed by atoms with Crippen LogP contribution < -0.4 is 5.11 Å². The van der Waals surface area contributed by atoms with Gasteiger partial charge in [-0.05, 0) is 32.1 Å². The van der Waals surface area contributed by atoms with Crippen LogP contribution in [0.2, 0.25) is 0 Å². The van der Waals surface area contributed by atoms with Gasteiger partial charge >= 0.3 is 0 Å². The number of ketones is 1. The summed E-state index contributed by atoms with van der Waals surface area (Å²) in [6, 6.07) is -0.922. The Morgan fingerprint density at radius 3 is 2.16 bits per heavy atom. The molecule has 2 rings (SSSR count). The highest BCUT2D eigenvalue weighted by molar-refractivity contribution is 6.37. The number of piperidine rings is 1. The standard InChI is InChI=1S/C14H21NO4/c16-12(10-6-2-1-3-7-10)13(17)15-9-5-4-8-11(15)14(18)19/h10-11H,1-9H2,(H,18,19)/p-1. The molecule has 0 aromatic heterocycles. The van der Waals surface area contributed by atoms with Gasteiger partial charge in [0.25, 0.3) is 5.91 Å². The minimum atomic E-state index is -1.25. The number of Topliss-reactive ketones (excluding diaryl/α,β-unsaturated/α-hetero) is 1. The maximum absolute atomic E-state index is 12.2. The van der Waals surface area contributed by atoms with Crippen molar-refractivity contribution in [3.05, 3.63) is 0 Å². The second kappa shape index (κ2) is 6.17. The number of nitrogens with zero attached hydrogens (tertiary/aromatic N) is 1. The highest BCUT2D eigenvalue weighted by atomic mass is 16.4. The van der Waals surface area contributed by atoms with Crippen LogP contribution in [0.4, 0.5) is 0 Å². The number of carboxylic acid groups (broad SMARTS) is 1. The first kappa shape index (κ1) is 14.0. The molecule has 5 nitrogen and oxygen atoms in total. The van der Waals surface area contributed by atoms with Gasteiger partial charge in [0.05, 0.1) is 12.0 Å². The van der Waals surface area contributed by atoms with Crippen LogP contribution >= 0.6 is 0 Å². The Labute approximate surface area is 113 Å². The topological polar surface area (TPSA) is 77.5 Å². The molecule has 0 bridgehead atoms. The quantitative estimate of drug-likeness (QED) is 0.687. The lowest BCUT2D eigenvalue weighted by Gasteiger charge is -2.36. The summed E-state index contributed by atoms with van der Waals surface area (Å²) in [7, 11) is 0. The van der Waals surface area contributed by atoms with E-state index in [1.54, 1.807) is 0 Å². The van der Waals surface area contributed by atoms with Gasteiger partial charge in [0.2, 0.25) is 5.78 Å². The molecule has 106 valence electrons. The number of aliphatic carboxylic acids is 1. The summed E-state index contributed by atoms with van der Waals surface area (Å²) in [6.45, 7) is 0.357. The Morgan fingerprint density at radius 1 is 0.895 bits per heavy atom. The number of carbonyl (C=O) groups excluding carboxylic acids is 3. The minimum absolute atomic E-state index is 0.203. The first-order valence-corrected chi connectivity index (χ1v) is 7.17. The molecule has 0 aromatic carbocycles. The maximum atomic E-state index is 12.2. The molecule has 0 aromatic rings. The molecule has 1 saturated heterocycles. The fourth-order valence-electron chi connectivity index (χ4n) is 3.10. The van der Waals surface area contributed by atoms with Gasteiger partial charge in [-0.25, -0.2) is 0 Å². The van der Waals surface area contributed by atoms with Crippen molar-refractivity contribution >= 4 is 17.7 Å². The van der Waals surface area contributed by atoms with Crippen LogP contribution in [-0.2, 0) is 14.4 Å².